The zero-order valence-corrected chi connectivity index (χ0v) is 13.9. The summed E-state index contributed by atoms with van der Waals surface area (Å²) in [7, 11) is 0. The van der Waals surface area contributed by atoms with Crippen LogP contribution in [0.1, 0.15) is 12.7 Å². The third-order valence-electron chi connectivity index (χ3n) is 3.58. The highest BCUT2D eigenvalue weighted by Gasteiger charge is 2.23. The average molecular weight is 358 g/mol. The summed E-state index contributed by atoms with van der Waals surface area (Å²) in [6, 6.07) is 9.87. The van der Waals surface area contributed by atoms with Crippen LogP contribution in [0.3, 0.4) is 0 Å². The molecule has 0 aliphatic carbocycles. The molecular formula is C16H16N5O5+. The van der Waals surface area contributed by atoms with Gasteiger partial charge in [-0.15, -0.1) is 9.78 Å². The molecule has 0 spiro atoms. The number of hydrogen-bond donors (Lipinski definition) is 1. The van der Waals surface area contributed by atoms with Crippen molar-refractivity contribution in [2.24, 2.45) is 5.10 Å². The topological polar surface area (TPSA) is 130 Å². The number of ether oxygens (including phenoxy) is 1. The zero-order valence-electron chi connectivity index (χ0n) is 13.9. The molecule has 0 saturated heterocycles. The average Bonchev–Trinajstić information content (AvgIpc) is 3.18. The zero-order chi connectivity index (χ0) is 18.7. The molecule has 0 radical (unpaired) electrons. The van der Waals surface area contributed by atoms with E-state index in [1.54, 1.807) is 29.7 Å². The van der Waals surface area contributed by atoms with Crippen LogP contribution in [0.5, 0.6) is 0 Å². The number of nitro groups is 1. The Morgan fingerprint density at radius 2 is 2.19 bits per heavy atom. The van der Waals surface area contributed by atoms with Gasteiger partial charge in [0.15, 0.2) is 17.8 Å². The van der Waals surface area contributed by atoms with E-state index >= 15 is 0 Å². The quantitative estimate of drug-likeness (QED) is 0.233. The number of hydrogen-bond acceptors (Lipinski definition) is 7. The molecule has 0 aliphatic rings. The van der Waals surface area contributed by atoms with E-state index in [0.29, 0.717) is 11.0 Å². The van der Waals surface area contributed by atoms with Crippen molar-refractivity contribution in [3.8, 4) is 0 Å². The minimum absolute atomic E-state index is 0.0606. The Kier molecular flexibility index (Phi) is 4.65. The summed E-state index contributed by atoms with van der Waals surface area (Å²) < 4.78 is 13.0. The molecule has 2 N–H and O–H groups in total. The van der Waals surface area contributed by atoms with Crippen molar-refractivity contribution < 1.29 is 23.4 Å². The maximum Gasteiger partial charge on any atom is 0.433 e. The van der Waals surface area contributed by atoms with Crippen LogP contribution in [0.2, 0.25) is 0 Å². The molecule has 0 fully saturated rings. The second kappa shape index (κ2) is 7.05. The highest BCUT2D eigenvalue weighted by Crippen LogP contribution is 2.17. The van der Waals surface area contributed by atoms with Crippen molar-refractivity contribution >= 4 is 35.0 Å². The van der Waals surface area contributed by atoms with E-state index in [1.165, 1.54) is 23.0 Å². The molecule has 134 valence electrons. The Hall–Kier alpha value is -3.69. The number of nitrogens with two attached hydrogens (primary N) is 1. The van der Waals surface area contributed by atoms with E-state index in [4.69, 9.17) is 14.9 Å². The lowest BCUT2D eigenvalue weighted by Crippen LogP contribution is -2.40. The molecular weight excluding hydrogens is 342 g/mol. The predicted molar refractivity (Wildman–Crippen MR) is 91.5 cm³/mol. The van der Waals surface area contributed by atoms with Gasteiger partial charge in [-0.1, -0.05) is 12.1 Å². The van der Waals surface area contributed by atoms with Gasteiger partial charge in [-0.3, -0.25) is 15.8 Å². The summed E-state index contributed by atoms with van der Waals surface area (Å²) in [5.74, 6) is -0.394. The maximum atomic E-state index is 11.8. The van der Waals surface area contributed by atoms with Crippen molar-refractivity contribution in [3.05, 3.63) is 52.3 Å². The molecule has 0 amide bonds. The molecule has 0 atom stereocenters. The fraction of sp³-hybridized carbons (Fsp3) is 0.188. The Morgan fingerprint density at radius 3 is 2.88 bits per heavy atom. The fourth-order valence-electron chi connectivity index (χ4n) is 2.48. The number of imidazole rings is 1. The van der Waals surface area contributed by atoms with Crippen molar-refractivity contribution in [3.63, 3.8) is 0 Å². The normalized spacial score (nSPS) is 11.3. The van der Waals surface area contributed by atoms with E-state index in [0.717, 1.165) is 0 Å². The molecule has 3 rings (SSSR count). The van der Waals surface area contributed by atoms with Gasteiger partial charge in [0.1, 0.15) is 16.7 Å². The van der Waals surface area contributed by atoms with Crippen LogP contribution >= 0.6 is 0 Å². The summed E-state index contributed by atoms with van der Waals surface area (Å²) in [6.07, 6.45) is 1.31. The number of fused-ring (bicyclic) bond motifs is 1. The largest absolute Gasteiger partial charge is 0.464 e. The molecule has 0 bridgehead atoms. The Balaban J connectivity index is 1.99. The number of esters is 1. The van der Waals surface area contributed by atoms with Gasteiger partial charge >= 0.3 is 17.8 Å². The molecule has 0 aliphatic heterocycles. The number of para-hydroxylation sites is 2. The lowest BCUT2D eigenvalue weighted by atomic mass is 10.3. The Morgan fingerprint density at radius 1 is 1.42 bits per heavy atom. The van der Waals surface area contributed by atoms with Crippen LogP contribution in [-0.4, -0.2) is 28.4 Å². The minimum Gasteiger partial charge on any atom is -0.464 e. The Labute approximate surface area is 147 Å². The first-order valence-corrected chi connectivity index (χ1v) is 7.74. The summed E-state index contributed by atoms with van der Waals surface area (Å²) in [5.41, 5.74) is 7.50. The van der Waals surface area contributed by atoms with Crippen LogP contribution in [0, 0.1) is 10.1 Å². The molecule has 0 unspecified atom stereocenters. The van der Waals surface area contributed by atoms with Gasteiger partial charge < -0.3 is 9.15 Å². The summed E-state index contributed by atoms with van der Waals surface area (Å²) in [4.78, 5) is 21.9. The van der Waals surface area contributed by atoms with Crippen LogP contribution in [0.4, 0.5) is 11.8 Å². The molecule has 26 heavy (non-hydrogen) atoms. The number of anilines is 1. The van der Waals surface area contributed by atoms with Gasteiger partial charge in [0.25, 0.3) is 0 Å². The highest BCUT2D eigenvalue weighted by atomic mass is 16.6. The van der Waals surface area contributed by atoms with Crippen LogP contribution in [0.25, 0.3) is 11.0 Å². The predicted octanol–water partition coefficient (Wildman–Crippen LogP) is 1.46. The number of rotatable bonds is 6. The van der Waals surface area contributed by atoms with Crippen LogP contribution < -0.4 is 10.3 Å². The number of carbonyl (C=O) groups is 1. The van der Waals surface area contributed by atoms with Gasteiger partial charge in [0, 0.05) is 0 Å². The lowest BCUT2D eigenvalue weighted by Gasteiger charge is -2.01. The van der Waals surface area contributed by atoms with Crippen molar-refractivity contribution in [2.45, 2.75) is 13.5 Å². The second-order valence-electron chi connectivity index (χ2n) is 5.23. The van der Waals surface area contributed by atoms with E-state index < -0.39 is 10.9 Å². The van der Waals surface area contributed by atoms with Gasteiger partial charge in [0.05, 0.1) is 12.7 Å². The lowest BCUT2D eigenvalue weighted by molar-refractivity contribution is -0.645. The van der Waals surface area contributed by atoms with E-state index in [-0.39, 0.29) is 30.7 Å². The maximum absolute atomic E-state index is 11.8. The number of aromatic nitrogens is 2. The first-order chi connectivity index (χ1) is 12.5. The third kappa shape index (κ3) is 3.24. The first kappa shape index (κ1) is 17.1. The van der Waals surface area contributed by atoms with Crippen LogP contribution in [0.15, 0.2) is 45.9 Å². The molecule has 1 aromatic carbocycles. The molecule has 3 aromatic rings. The fourth-order valence-corrected chi connectivity index (χ4v) is 2.48. The summed E-state index contributed by atoms with van der Waals surface area (Å²) >= 11 is 0. The number of carbonyl (C=O) groups excluding carboxylic acids is 1. The van der Waals surface area contributed by atoms with Gasteiger partial charge in [-0.05, 0) is 25.1 Å². The number of benzene rings is 1. The second-order valence-corrected chi connectivity index (χ2v) is 5.23. The summed E-state index contributed by atoms with van der Waals surface area (Å²) in [5, 5.41) is 14.9. The molecule has 2 heterocycles. The SMILES string of the molecule is CCOC(=O)C[n+]1c(N)n(N=Cc2ccc([N+](=O)[O-])o2)c2ccccc21. The standard InChI is InChI=1S/C16H15N5O5/c1-2-25-15(22)10-19-12-5-3-4-6-13(12)20(16(19)17)18-9-11-7-8-14(26-11)21(23)24/h3-9,17H,2,10H2,1H3/p+1. The molecule has 10 nitrogen and oxygen atoms in total. The van der Waals surface area contributed by atoms with E-state index in [2.05, 4.69) is 5.10 Å². The van der Waals surface area contributed by atoms with Crippen molar-refractivity contribution in [1.82, 2.24) is 4.68 Å². The smallest absolute Gasteiger partial charge is 0.433 e. The van der Waals surface area contributed by atoms with Crippen LogP contribution in [-0.2, 0) is 16.1 Å². The molecule has 2 aromatic heterocycles. The van der Waals surface area contributed by atoms with Crippen molar-refractivity contribution in [1.29, 1.82) is 0 Å². The van der Waals surface area contributed by atoms with Gasteiger partial charge in [-0.2, -0.15) is 0 Å². The first-order valence-electron chi connectivity index (χ1n) is 7.74. The van der Waals surface area contributed by atoms with E-state index in [9.17, 15) is 14.9 Å². The van der Waals surface area contributed by atoms with Gasteiger partial charge in [-0.25, -0.2) is 9.36 Å². The highest BCUT2D eigenvalue weighted by molar-refractivity contribution is 5.79. The molecule has 0 saturated carbocycles. The Bertz CT molecular complexity index is 1000. The monoisotopic (exact) mass is 358 g/mol. The number of nitrogen functional groups attached to an aromatic ring is 1. The van der Waals surface area contributed by atoms with E-state index in [1.807, 2.05) is 6.07 Å². The third-order valence-corrected chi connectivity index (χ3v) is 3.58. The molecule has 10 heteroatoms. The number of furan rings is 1. The van der Waals surface area contributed by atoms with Gasteiger partial charge in [0.2, 0.25) is 0 Å². The summed E-state index contributed by atoms with van der Waals surface area (Å²) in [6.45, 7) is 1.93. The van der Waals surface area contributed by atoms with Crippen molar-refractivity contribution in [2.75, 3.05) is 12.3 Å². The minimum atomic E-state index is -0.635. The number of nitrogens with zero attached hydrogens (tertiary/aromatic N) is 4.